The molecule has 0 aliphatic heterocycles. The van der Waals surface area contributed by atoms with Gasteiger partial charge in [-0.15, -0.1) is 0 Å². The van der Waals surface area contributed by atoms with Gasteiger partial charge in [0.05, 0.1) is 18.0 Å². The fraction of sp³-hybridized carbons (Fsp3) is 0.263. The second-order valence-electron chi connectivity index (χ2n) is 5.60. The number of benzene rings is 2. The molecule has 0 atom stereocenters. The van der Waals surface area contributed by atoms with Crippen LogP contribution in [0.3, 0.4) is 0 Å². The summed E-state index contributed by atoms with van der Waals surface area (Å²) in [6.07, 6.45) is -0.163. The maximum absolute atomic E-state index is 12.7. The number of esters is 1. The molecule has 0 radical (unpaired) electrons. The Balaban J connectivity index is 2.19. The number of nitro benzene ring substituents is 1. The molecule has 0 fully saturated rings. The number of nitrogens with zero attached hydrogens (tertiary/aromatic N) is 2. The molecule has 136 valence electrons. The molecule has 2 aromatic rings. The van der Waals surface area contributed by atoms with Gasteiger partial charge in [0.15, 0.2) is 0 Å². The molecule has 7 heteroatoms. The highest BCUT2D eigenvalue weighted by Crippen LogP contribution is 2.19. The number of hydrogen-bond acceptors (Lipinski definition) is 5. The van der Waals surface area contributed by atoms with E-state index in [9.17, 15) is 19.7 Å². The van der Waals surface area contributed by atoms with Crippen LogP contribution in [0.25, 0.3) is 0 Å². The largest absolute Gasteiger partial charge is 0.465 e. The molecule has 0 unspecified atom stereocenters. The topological polar surface area (TPSA) is 89.8 Å². The Labute approximate surface area is 151 Å². The lowest BCUT2D eigenvalue weighted by molar-refractivity contribution is -0.385. The lowest BCUT2D eigenvalue weighted by Gasteiger charge is -2.22. The zero-order valence-corrected chi connectivity index (χ0v) is 14.5. The van der Waals surface area contributed by atoms with E-state index in [4.69, 9.17) is 4.74 Å². The lowest BCUT2D eigenvalue weighted by Crippen LogP contribution is -2.37. The van der Waals surface area contributed by atoms with Crippen LogP contribution >= 0.6 is 0 Å². The molecule has 0 heterocycles. The Morgan fingerprint density at radius 3 is 2.38 bits per heavy atom. The van der Waals surface area contributed by atoms with Gasteiger partial charge in [-0.3, -0.25) is 19.7 Å². The Morgan fingerprint density at radius 2 is 1.73 bits per heavy atom. The zero-order chi connectivity index (χ0) is 18.9. The molecule has 0 saturated heterocycles. The van der Waals surface area contributed by atoms with E-state index in [2.05, 4.69) is 0 Å². The van der Waals surface area contributed by atoms with Gasteiger partial charge < -0.3 is 9.64 Å². The third kappa shape index (κ3) is 5.41. The second-order valence-corrected chi connectivity index (χ2v) is 5.60. The first-order valence-corrected chi connectivity index (χ1v) is 8.21. The predicted molar refractivity (Wildman–Crippen MR) is 95.3 cm³/mol. The maximum atomic E-state index is 12.7. The molecule has 2 aromatic carbocycles. The van der Waals surface area contributed by atoms with Crippen molar-refractivity contribution in [3.63, 3.8) is 0 Å². The number of nitro groups is 1. The molecule has 0 saturated carbocycles. The standard InChI is InChI=1S/C19H20N2O5/c1-2-26-19(23)14-20(13-15-8-4-3-5-9-15)18(22)12-16-10-6-7-11-17(16)21(24)25/h3-11H,2,12-14H2,1H3. The highest BCUT2D eigenvalue weighted by atomic mass is 16.6. The summed E-state index contributed by atoms with van der Waals surface area (Å²) in [6, 6.07) is 15.3. The highest BCUT2D eigenvalue weighted by molar-refractivity contribution is 5.84. The van der Waals surface area contributed by atoms with Crippen molar-refractivity contribution in [3.05, 3.63) is 75.8 Å². The first kappa shape index (κ1) is 19.1. The van der Waals surface area contributed by atoms with Crippen LogP contribution in [0.5, 0.6) is 0 Å². The van der Waals surface area contributed by atoms with Gasteiger partial charge in [-0.05, 0) is 12.5 Å². The molecule has 7 nitrogen and oxygen atoms in total. The number of carbonyl (C=O) groups is 2. The Bertz CT molecular complexity index is 777. The molecule has 0 bridgehead atoms. The summed E-state index contributed by atoms with van der Waals surface area (Å²) < 4.78 is 4.93. The van der Waals surface area contributed by atoms with Crippen molar-refractivity contribution in [2.24, 2.45) is 0 Å². The van der Waals surface area contributed by atoms with Crippen molar-refractivity contribution in [2.45, 2.75) is 19.9 Å². The summed E-state index contributed by atoms with van der Waals surface area (Å²) in [7, 11) is 0. The minimum atomic E-state index is -0.518. The second kappa shape index (κ2) is 9.31. The SMILES string of the molecule is CCOC(=O)CN(Cc1ccccc1)C(=O)Cc1ccccc1[N+](=O)[O-]. The lowest BCUT2D eigenvalue weighted by atomic mass is 10.1. The molecular weight excluding hydrogens is 336 g/mol. The van der Waals surface area contributed by atoms with Gasteiger partial charge >= 0.3 is 5.97 Å². The minimum Gasteiger partial charge on any atom is -0.465 e. The molecule has 0 aliphatic carbocycles. The quantitative estimate of drug-likeness (QED) is 0.412. The van der Waals surface area contributed by atoms with Gasteiger partial charge in [0, 0.05) is 18.2 Å². The van der Waals surface area contributed by atoms with Gasteiger partial charge in [-0.25, -0.2) is 0 Å². The van der Waals surface area contributed by atoms with E-state index in [1.165, 1.54) is 11.0 Å². The van der Waals surface area contributed by atoms with Crippen LogP contribution in [0, 0.1) is 10.1 Å². The van der Waals surface area contributed by atoms with E-state index in [0.29, 0.717) is 5.56 Å². The van der Waals surface area contributed by atoms with Gasteiger partial charge in [0.25, 0.3) is 5.69 Å². The highest BCUT2D eigenvalue weighted by Gasteiger charge is 2.22. The smallest absolute Gasteiger partial charge is 0.325 e. The first-order valence-electron chi connectivity index (χ1n) is 8.21. The molecule has 0 N–H and O–H groups in total. The molecule has 0 spiro atoms. The van der Waals surface area contributed by atoms with Crippen LogP contribution in [0.2, 0.25) is 0 Å². The monoisotopic (exact) mass is 356 g/mol. The van der Waals surface area contributed by atoms with Crippen molar-refractivity contribution in [1.29, 1.82) is 0 Å². The van der Waals surface area contributed by atoms with Crippen LogP contribution in [-0.4, -0.2) is 34.9 Å². The predicted octanol–water partition coefficient (Wildman–Crippen LogP) is 2.73. The van der Waals surface area contributed by atoms with Crippen LogP contribution in [-0.2, 0) is 27.3 Å². The van der Waals surface area contributed by atoms with E-state index < -0.39 is 10.9 Å². The summed E-state index contributed by atoms with van der Waals surface area (Å²) in [4.78, 5) is 36.5. The number of para-hydroxylation sites is 1. The fourth-order valence-corrected chi connectivity index (χ4v) is 2.51. The summed E-state index contributed by atoms with van der Waals surface area (Å²) in [5.41, 5.74) is 1.05. The minimum absolute atomic E-state index is 0.114. The molecule has 0 aromatic heterocycles. The summed E-state index contributed by atoms with van der Waals surface area (Å²) in [5, 5.41) is 11.1. The van der Waals surface area contributed by atoms with Crippen molar-refractivity contribution < 1.29 is 19.2 Å². The molecule has 26 heavy (non-hydrogen) atoms. The number of amides is 1. The van der Waals surface area contributed by atoms with Crippen LogP contribution < -0.4 is 0 Å². The van der Waals surface area contributed by atoms with Gasteiger partial charge in [0.1, 0.15) is 6.54 Å². The Kier molecular flexibility index (Phi) is 6.84. The third-order valence-corrected chi connectivity index (χ3v) is 3.72. The zero-order valence-electron chi connectivity index (χ0n) is 14.5. The number of carbonyl (C=O) groups excluding carboxylic acids is 2. The molecule has 1 amide bonds. The van der Waals surface area contributed by atoms with Crippen LogP contribution in [0.15, 0.2) is 54.6 Å². The summed E-state index contributed by atoms with van der Waals surface area (Å²) in [5.74, 6) is -0.893. The third-order valence-electron chi connectivity index (χ3n) is 3.72. The van der Waals surface area contributed by atoms with Crippen molar-refractivity contribution in [3.8, 4) is 0 Å². The molecule has 0 aliphatic rings. The summed E-state index contributed by atoms with van der Waals surface area (Å²) >= 11 is 0. The average Bonchev–Trinajstić information content (AvgIpc) is 2.62. The molecule has 2 rings (SSSR count). The number of ether oxygens (including phenoxy) is 1. The summed E-state index contributed by atoms with van der Waals surface area (Å²) in [6.45, 7) is 1.92. The number of rotatable bonds is 8. The van der Waals surface area contributed by atoms with Gasteiger partial charge in [-0.1, -0.05) is 48.5 Å². The number of hydrogen-bond donors (Lipinski definition) is 0. The van der Waals surface area contributed by atoms with E-state index in [1.54, 1.807) is 25.1 Å². The van der Waals surface area contributed by atoms with E-state index in [1.807, 2.05) is 30.3 Å². The van der Waals surface area contributed by atoms with Gasteiger partial charge in [-0.2, -0.15) is 0 Å². The Morgan fingerprint density at radius 1 is 1.08 bits per heavy atom. The van der Waals surface area contributed by atoms with Crippen LogP contribution in [0.1, 0.15) is 18.1 Å². The fourth-order valence-electron chi connectivity index (χ4n) is 2.51. The van der Waals surface area contributed by atoms with Crippen molar-refractivity contribution >= 4 is 17.6 Å². The van der Waals surface area contributed by atoms with Crippen LogP contribution in [0.4, 0.5) is 5.69 Å². The first-order chi connectivity index (χ1) is 12.5. The van der Waals surface area contributed by atoms with Gasteiger partial charge in [0.2, 0.25) is 5.91 Å². The van der Waals surface area contributed by atoms with E-state index in [0.717, 1.165) is 5.56 Å². The van der Waals surface area contributed by atoms with Crippen molar-refractivity contribution in [1.82, 2.24) is 4.90 Å². The Hall–Kier alpha value is -3.22. The van der Waals surface area contributed by atoms with E-state index in [-0.39, 0.29) is 37.7 Å². The maximum Gasteiger partial charge on any atom is 0.325 e. The van der Waals surface area contributed by atoms with Crippen molar-refractivity contribution in [2.75, 3.05) is 13.2 Å². The average molecular weight is 356 g/mol. The molecular formula is C19H20N2O5. The normalized spacial score (nSPS) is 10.2. The van der Waals surface area contributed by atoms with E-state index >= 15 is 0 Å².